The summed E-state index contributed by atoms with van der Waals surface area (Å²) in [6.07, 6.45) is 3.07. The summed E-state index contributed by atoms with van der Waals surface area (Å²) >= 11 is 5.92. The van der Waals surface area contributed by atoms with E-state index in [0.717, 1.165) is 5.56 Å². The number of ether oxygens (including phenoxy) is 1. The Morgan fingerprint density at radius 2 is 2.07 bits per heavy atom. The lowest BCUT2D eigenvalue weighted by Crippen LogP contribution is -2.56. The third-order valence-electron chi connectivity index (χ3n) is 4.52. The zero-order valence-corrected chi connectivity index (χ0v) is 16.0. The number of rotatable bonds is 4. The first-order chi connectivity index (χ1) is 13.8. The molecule has 0 spiro atoms. The fourth-order valence-electron chi connectivity index (χ4n) is 2.89. The van der Waals surface area contributed by atoms with Crippen molar-refractivity contribution in [1.82, 2.24) is 9.78 Å². The van der Waals surface area contributed by atoms with Crippen molar-refractivity contribution in [2.24, 2.45) is 0 Å². The van der Waals surface area contributed by atoms with E-state index < -0.39 is 17.4 Å². The first-order valence-corrected chi connectivity index (χ1v) is 9.10. The molecule has 3 aromatic rings. The van der Waals surface area contributed by atoms with Crippen LogP contribution in [0.4, 0.5) is 15.8 Å². The van der Waals surface area contributed by atoms with Gasteiger partial charge in [-0.25, -0.2) is 4.39 Å². The van der Waals surface area contributed by atoms with Gasteiger partial charge in [-0.1, -0.05) is 23.7 Å². The lowest BCUT2D eigenvalue weighted by atomic mass is 10.0. The van der Waals surface area contributed by atoms with E-state index in [1.807, 2.05) is 0 Å². The molecule has 29 heavy (non-hydrogen) atoms. The van der Waals surface area contributed by atoms with Gasteiger partial charge in [0.2, 0.25) is 0 Å². The van der Waals surface area contributed by atoms with Crippen molar-refractivity contribution in [3.63, 3.8) is 0 Å². The van der Waals surface area contributed by atoms with E-state index in [2.05, 4.69) is 15.7 Å². The van der Waals surface area contributed by atoms with Crippen LogP contribution in [0.1, 0.15) is 12.5 Å². The third-order valence-corrected chi connectivity index (χ3v) is 4.75. The summed E-state index contributed by atoms with van der Waals surface area (Å²) in [6, 6.07) is 10.8. The van der Waals surface area contributed by atoms with Gasteiger partial charge in [0.05, 0.1) is 24.1 Å². The fraction of sp³-hybridized carbons (Fsp3) is 0.150. The molecule has 1 unspecified atom stereocenters. The number of amides is 2. The number of aromatic nitrogens is 2. The molecule has 148 valence electrons. The molecule has 0 fully saturated rings. The van der Waals surface area contributed by atoms with Crippen LogP contribution in [0.5, 0.6) is 5.75 Å². The van der Waals surface area contributed by atoms with Gasteiger partial charge in [-0.15, -0.1) is 0 Å². The highest BCUT2D eigenvalue weighted by Crippen LogP contribution is 2.36. The molecule has 4 rings (SSSR count). The summed E-state index contributed by atoms with van der Waals surface area (Å²) in [5.74, 6) is -1.22. The van der Waals surface area contributed by atoms with Crippen LogP contribution in [0, 0.1) is 5.82 Å². The molecular weight excluding hydrogens is 399 g/mol. The smallest absolute Gasteiger partial charge is 0.278 e. The number of carbonyl (C=O) groups is 2. The van der Waals surface area contributed by atoms with Gasteiger partial charge in [-0.2, -0.15) is 5.10 Å². The van der Waals surface area contributed by atoms with Crippen LogP contribution in [0.2, 0.25) is 5.02 Å². The summed E-state index contributed by atoms with van der Waals surface area (Å²) in [4.78, 5) is 25.3. The Morgan fingerprint density at radius 1 is 1.31 bits per heavy atom. The van der Waals surface area contributed by atoms with Crippen molar-refractivity contribution in [2.45, 2.75) is 19.1 Å². The maximum atomic E-state index is 13.0. The van der Waals surface area contributed by atoms with Gasteiger partial charge >= 0.3 is 0 Å². The Morgan fingerprint density at radius 3 is 2.83 bits per heavy atom. The van der Waals surface area contributed by atoms with Gasteiger partial charge in [-0.3, -0.25) is 14.3 Å². The van der Waals surface area contributed by atoms with Gasteiger partial charge in [0.15, 0.2) is 0 Å². The van der Waals surface area contributed by atoms with Crippen LogP contribution >= 0.6 is 11.6 Å². The lowest BCUT2D eigenvalue weighted by molar-refractivity contribution is -0.143. The summed E-state index contributed by atoms with van der Waals surface area (Å²) in [5, 5.41) is 9.90. The summed E-state index contributed by atoms with van der Waals surface area (Å²) < 4.78 is 20.3. The average Bonchev–Trinajstić information content (AvgIpc) is 3.11. The number of halogens is 2. The molecule has 1 aromatic heterocycles. The Labute approximate surface area is 170 Å². The van der Waals surface area contributed by atoms with Crippen molar-refractivity contribution >= 4 is 34.8 Å². The van der Waals surface area contributed by atoms with Crippen LogP contribution in [-0.2, 0) is 16.1 Å². The molecule has 2 amide bonds. The number of hydrogen-bond donors (Lipinski definition) is 2. The molecule has 0 aliphatic carbocycles. The molecule has 2 aromatic carbocycles. The zero-order chi connectivity index (χ0) is 20.6. The number of hydrogen-bond acceptors (Lipinski definition) is 4. The number of benzene rings is 2. The molecule has 2 heterocycles. The minimum absolute atomic E-state index is 0.315. The van der Waals surface area contributed by atoms with E-state index >= 15 is 0 Å². The minimum atomic E-state index is -1.76. The molecule has 0 radical (unpaired) electrons. The zero-order valence-electron chi connectivity index (χ0n) is 15.3. The van der Waals surface area contributed by atoms with Gasteiger partial charge in [-0.05, 0) is 42.8 Å². The SMILES string of the molecule is CC1(C(=O)Nc2cnn(Cc3ccc(F)cc3)c2)Oc2ccc(Cl)cc2NC1=O. The van der Waals surface area contributed by atoms with Gasteiger partial charge < -0.3 is 15.4 Å². The van der Waals surface area contributed by atoms with Crippen LogP contribution in [0.3, 0.4) is 0 Å². The monoisotopic (exact) mass is 414 g/mol. The highest BCUT2D eigenvalue weighted by atomic mass is 35.5. The summed E-state index contributed by atoms with van der Waals surface area (Å²) in [5.41, 5.74) is -0.110. The van der Waals surface area contributed by atoms with E-state index in [1.165, 1.54) is 25.3 Å². The van der Waals surface area contributed by atoms with E-state index in [9.17, 15) is 14.0 Å². The predicted molar refractivity (Wildman–Crippen MR) is 105 cm³/mol. The fourth-order valence-corrected chi connectivity index (χ4v) is 3.06. The molecule has 1 aliphatic rings. The van der Waals surface area contributed by atoms with Crippen LogP contribution < -0.4 is 15.4 Å². The van der Waals surface area contributed by atoms with Gasteiger partial charge in [0.1, 0.15) is 11.6 Å². The van der Waals surface area contributed by atoms with E-state index in [-0.39, 0.29) is 5.82 Å². The molecule has 0 bridgehead atoms. The average molecular weight is 415 g/mol. The normalized spacial score (nSPS) is 17.8. The third kappa shape index (κ3) is 3.79. The number of nitrogens with one attached hydrogen (secondary N) is 2. The number of fused-ring (bicyclic) bond motifs is 1. The minimum Gasteiger partial charge on any atom is -0.466 e. The first-order valence-electron chi connectivity index (χ1n) is 8.72. The van der Waals surface area contributed by atoms with E-state index in [1.54, 1.807) is 41.2 Å². The molecule has 0 saturated heterocycles. The number of nitrogens with zero attached hydrogens (tertiary/aromatic N) is 2. The quantitative estimate of drug-likeness (QED) is 0.640. The molecule has 9 heteroatoms. The molecule has 0 saturated carbocycles. The second kappa shape index (κ2) is 7.21. The lowest BCUT2D eigenvalue weighted by Gasteiger charge is -2.33. The largest absolute Gasteiger partial charge is 0.466 e. The number of anilines is 2. The maximum absolute atomic E-state index is 13.0. The second-order valence-electron chi connectivity index (χ2n) is 6.74. The van der Waals surface area contributed by atoms with E-state index in [4.69, 9.17) is 16.3 Å². The number of carbonyl (C=O) groups excluding carboxylic acids is 2. The molecular formula is C20H16ClFN4O3. The molecule has 1 atom stereocenters. The van der Waals surface area contributed by atoms with Crippen molar-refractivity contribution in [3.8, 4) is 5.75 Å². The van der Waals surface area contributed by atoms with Gasteiger partial charge in [0, 0.05) is 11.2 Å². The van der Waals surface area contributed by atoms with Crippen molar-refractivity contribution in [2.75, 3.05) is 10.6 Å². The Balaban J connectivity index is 1.47. The highest BCUT2D eigenvalue weighted by molar-refractivity contribution is 6.31. The van der Waals surface area contributed by atoms with Crippen molar-refractivity contribution in [1.29, 1.82) is 0 Å². The standard InChI is InChI=1S/C20H16ClFN4O3/c1-20(19(28)25-16-8-13(21)4-7-17(16)29-20)18(27)24-15-9-23-26(11-15)10-12-2-5-14(22)6-3-12/h2-9,11H,10H2,1H3,(H,24,27)(H,25,28). The maximum Gasteiger partial charge on any atom is 0.278 e. The van der Waals surface area contributed by atoms with Crippen LogP contribution in [-0.4, -0.2) is 27.2 Å². The van der Waals surface area contributed by atoms with Crippen molar-refractivity contribution < 1.29 is 18.7 Å². The van der Waals surface area contributed by atoms with Gasteiger partial charge in [0.25, 0.3) is 17.4 Å². The second-order valence-corrected chi connectivity index (χ2v) is 7.17. The summed E-state index contributed by atoms with van der Waals surface area (Å²) in [6.45, 7) is 1.79. The molecule has 7 nitrogen and oxygen atoms in total. The summed E-state index contributed by atoms with van der Waals surface area (Å²) in [7, 11) is 0. The Hall–Kier alpha value is -3.39. The first kappa shape index (κ1) is 18.9. The predicted octanol–water partition coefficient (Wildman–Crippen LogP) is 3.45. The Kier molecular flexibility index (Phi) is 4.71. The van der Waals surface area contributed by atoms with E-state index in [0.29, 0.717) is 28.7 Å². The molecule has 2 N–H and O–H groups in total. The Bertz CT molecular complexity index is 1100. The highest BCUT2D eigenvalue weighted by Gasteiger charge is 2.47. The van der Waals surface area contributed by atoms with Crippen LogP contribution in [0.15, 0.2) is 54.9 Å². The van der Waals surface area contributed by atoms with Crippen molar-refractivity contribution in [3.05, 3.63) is 71.3 Å². The molecule has 1 aliphatic heterocycles. The van der Waals surface area contributed by atoms with Crippen LogP contribution in [0.25, 0.3) is 0 Å². The topological polar surface area (TPSA) is 85.2 Å².